The molecule has 0 radical (unpaired) electrons. The van der Waals surface area contributed by atoms with Crippen molar-refractivity contribution in [2.24, 2.45) is 0 Å². The summed E-state index contributed by atoms with van der Waals surface area (Å²) in [5.74, 6) is 0.652. The summed E-state index contributed by atoms with van der Waals surface area (Å²) in [5, 5.41) is 6.74. The Hall–Kier alpha value is -3.06. The number of carbonyl (C=O) groups is 1. The van der Waals surface area contributed by atoms with Crippen molar-refractivity contribution in [3.05, 3.63) is 65.7 Å². The lowest BCUT2D eigenvalue weighted by Gasteiger charge is -2.35. The first-order chi connectivity index (χ1) is 13.2. The number of rotatable bonds is 4. The van der Waals surface area contributed by atoms with Crippen LogP contribution in [0.2, 0.25) is 0 Å². The molecule has 1 aliphatic rings. The number of benzene rings is 1. The monoisotopic (exact) mass is 362 g/mol. The number of aryl methyl sites for hydroxylation is 1. The van der Waals surface area contributed by atoms with Crippen molar-refractivity contribution in [3.63, 3.8) is 0 Å². The fourth-order valence-electron chi connectivity index (χ4n) is 3.39. The van der Waals surface area contributed by atoms with Crippen LogP contribution in [0.4, 0.5) is 0 Å². The highest BCUT2D eigenvalue weighted by Crippen LogP contribution is 2.22. The molecule has 2 aromatic heterocycles. The van der Waals surface area contributed by atoms with Gasteiger partial charge in [-0.1, -0.05) is 24.3 Å². The van der Waals surface area contributed by atoms with E-state index in [1.165, 1.54) is 11.9 Å². The Bertz CT molecular complexity index is 916. The number of nitrogens with one attached hydrogen (secondary N) is 1. The maximum absolute atomic E-state index is 13.1. The smallest absolute Gasteiger partial charge is 0.254 e. The minimum absolute atomic E-state index is 0.0377. The Morgan fingerprint density at radius 2 is 1.89 bits per heavy atom. The molecule has 1 aromatic carbocycles. The highest BCUT2D eigenvalue weighted by molar-refractivity contribution is 6.00. The predicted octanol–water partition coefficient (Wildman–Crippen LogP) is 2.13. The number of hydrogen-bond acceptors (Lipinski definition) is 5. The molecule has 0 aliphatic carbocycles. The van der Waals surface area contributed by atoms with Gasteiger partial charge in [0.2, 0.25) is 0 Å². The molecular weight excluding hydrogens is 340 g/mol. The second-order valence-corrected chi connectivity index (χ2v) is 6.72. The summed E-state index contributed by atoms with van der Waals surface area (Å²) in [7, 11) is 0. The fourth-order valence-corrected chi connectivity index (χ4v) is 3.39. The van der Waals surface area contributed by atoms with Gasteiger partial charge in [0.1, 0.15) is 6.33 Å². The first-order valence-electron chi connectivity index (χ1n) is 9.09. The minimum Gasteiger partial charge on any atom is -0.336 e. The predicted molar refractivity (Wildman–Crippen MR) is 102 cm³/mol. The van der Waals surface area contributed by atoms with Crippen LogP contribution in [0.1, 0.15) is 21.6 Å². The third kappa shape index (κ3) is 3.73. The van der Waals surface area contributed by atoms with Gasteiger partial charge in [-0.3, -0.25) is 19.8 Å². The molecule has 1 fully saturated rings. The van der Waals surface area contributed by atoms with Gasteiger partial charge in [0.05, 0.1) is 11.3 Å². The minimum atomic E-state index is 0.0377. The molecule has 0 spiro atoms. The average Bonchev–Trinajstić information content (AvgIpc) is 3.24. The van der Waals surface area contributed by atoms with E-state index in [4.69, 9.17) is 0 Å². The molecule has 27 heavy (non-hydrogen) atoms. The van der Waals surface area contributed by atoms with E-state index >= 15 is 0 Å². The van der Waals surface area contributed by atoms with Crippen LogP contribution in [-0.2, 0) is 6.54 Å². The summed E-state index contributed by atoms with van der Waals surface area (Å²) in [5.41, 5.74) is 3.75. The van der Waals surface area contributed by atoms with E-state index in [0.717, 1.165) is 30.9 Å². The van der Waals surface area contributed by atoms with Crippen LogP contribution in [0.3, 0.4) is 0 Å². The van der Waals surface area contributed by atoms with Gasteiger partial charge in [0.15, 0.2) is 5.82 Å². The van der Waals surface area contributed by atoms with Gasteiger partial charge in [-0.2, -0.15) is 5.10 Å². The van der Waals surface area contributed by atoms with E-state index in [1.54, 1.807) is 0 Å². The molecule has 7 heteroatoms. The topological polar surface area (TPSA) is 78.0 Å². The average molecular weight is 362 g/mol. The van der Waals surface area contributed by atoms with Crippen molar-refractivity contribution in [1.82, 2.24) is 30.0 Å². The molecule has 1 aliphatic heterocycles. The number of hydrogen-bond donors (Lipinski definition) is 1. The Balaban J connectivity index is 1.43. The van der Waals surface area contributed by atoms with Crippen LogP contribution in [0.5, 0.6) is 0 Å². The number of H-pyrrole nitrogens is 1. The van der Waals surface area contributed by atoms with Crippen LogP contribution in [0.25, 0.3) is 11.4 Å². The van der Waals surface area contributed by atoms with Crippen LogP contribution >= 0.6 is 0 Å². The molecule has 1 N–H and O–H groups in total. The zero-order chi connectivity index (χ0) is 18.6. The molecule has 3 heterocycles. The summed E-state index contributed by atoms with van der Waals surface area (Å²) < 4.78 is 0. The SMILES string of the molecule is Cc1cccnc1CN1CCN(C(=O)c2ccccc2-c2ncn[nH]2)CC1. The van der Waals surface area contributed by atoms with E-state index in [-0.39, 0.29) is 5.91 Å². The van der Waals surface area contributed by atoms with Gasteiger partial charge in [-0.15, -0.1) is 0 Å². The van der Waals surface area contributed by atoms with Crippen LogP contribution in [0.15, 0.2) is 48.9 Å². The molecular formula is C20H22N6O. The molecule has 0 unspecified atom stereocenters. The second kappa shape index (κ2) is 7.67. The van der Waals surface area contributed by atoms with Gasteiger partial charge < -0.3 is 4.90 Å². The maximum Gasteiger partial charge on any atom is 0.254 e. The van der Waals surface area contributed by atoms with E-state index in [0.29, 0.717) is 24.5 Å². The second-order valence-electron chi connectivity index (χ2n) is 6.72. The van der Waals surface area contributed by atoms with Gasteiger partial charge in [-0.25, -0.2) is 4.98 Å². The quantitative estimate of drug-likeness (QED) is 0.769. The summed E-state index contributed by atoms with van der Waals surface area (Å²) >= 11 is 0. The fraction of sp³-hybridized carbons (Fsp3) is 0.300. The number of aromatic nitrogens is 4. The summed E-state index contributed by atoms with van der Waals surface area (Å²) in [6.07, 6.45) is 3.29. The molecule has 4 rings (SSSR count). The van der Waals surface area contributed by atoms with Gasteiger partial charge in [0, 0.05) is 44.5 Å². The Morgan fingerprint density at radius 1 is 1.07 bits per heavy atom. The van der Waals surface area contributed by atoms with Crippen molar-refractivity contribution in [2.75, 3.05) is 26.2 Å². The normalized spacial score (nSPS) is 15.1. The highest BCUT2D eigenvalue weighted by Gasteiger charge is 2.25. The van der Waals surface area contributed by atoms with Gasteiger partial charge >= 0.3 is 0 Å². The van der Waals surface area contributed by atoms with Crippen LogP contribution in [-0.4, -0.2) is 62.1 Å². The molecule has 1 saturated heterocycles. The summed E-state index contributed by atoms with van der Waals surface area (Å²) in [4.78, 5) is 26.0. The standard InChI is InChI=1S/C20H22N6O/c1-15-5-4-8-21-18(15)13-25-9-11-26(12-10-25)20(27)17-7-3-2-6-16(17)19-22-14-23-24-19/h2-8,14H,9-13H2,1H3,(H,22,23,24). The lowest BCUT2D eigenvalue weighted by molar-refractivity contribution is 0.0627. The van der Waals surface area contributed by atoms with Crippen molar-refractivity contribution in [3.8, 4) is 11.4 Å². The van der Waals surface area contributed by atoms with E-state index < -0.39 is 0 Å². The van der Waals surface area contributed by atoms with E-state index in [1.807, 2.05) is 41.4 Å². The Kier molecular flexibility index (Phi) is 4.93. The largest absolute Gasteiger partial charge is 0.336 e. The maximum atomic E-state index is 13.1. The molecule has 1 amide bonds. The molecule has 7 nitrogen and oxygen atoms in total. The Morgan fingerprint density at radius 3 is 2.63 bits per heavy atom. The first kappa shape index (κ1) is 17.4. The molecule has 3 aromatic rings. The number of piperazine rings is 1. The summed E-state index contributed by atoms with van der Waals surface area (Å²) in [6.45, 7) is 6.00. The Labute approximate surface area is 158 Å². The molecule has 138 valence electrons. The third-order valence-corrected chi connectivity index (χ3v) is 4.98. The van der Waals surface area contributed by atoms with Gasteiger partial charge in [0.25, 0.3) is 5.91 Å². The van der Waals surface area contributed by atoms with Gasteiger partial charge in [-0.05, 0) is 24.6 Å². The third-order valence-electron chi connectivity index (χ3n) is 4.98. The van der Waals surface area contributed by atoms with Crippen molar-refractivity contribution < 1.29 is 4.79 Å². The van der Waals surface area contributed by atoms with Crippen LogP contribution in [0, 0.1) is 6.92 Å². The number of aromatic amines is 1. The zero-order valence-electron chi connectivity index (χ0n) is 15.3. The summed E-state index contributed by atoms with van der Waals surface area (Å²) in [6, 6.07) is 11.6. The number of carbonyl (C=O) groups excluding carboxylic acids is 1. The van der Waals surface area contributed by atoms with Crippen molar-refractivity contribution >= 4 is 5.91 Å². The number of nitrogens with zero attached hydrogens (tertiary/aromatic N) is 5. The number of pyridine rings is 1. The molecule has 0 bridgehead atoms. The van der Waals surface area contributed by atoms with Crippen LogP contribution < -0.4 is 0 Å². The van der Waals surface area contributed by atoms with Crippen molar-refractivity contribution in [2.45, 2.75) is 13.5 Å². The van der Waals surface area contributed by atoms with Crippen molar-refractivity contribution in [1.29, 1.82) is 0 Å². The number of amides is 1. The highest BCUT2D eigenvalue weighted by atomic mass is 16.2. The molecule has 0 atom stereocenters. The van der Waals surface area contributed by atoms with E-state index in [9.17, 15) is 4.79 Å². The van der Waals surface area contributed by atoms with E-state index in [2.05, 4.69) is 38.1 Å². The lowest BCUT2D eigenvalue weighted by atomic mass is 10.1. The molecule has 0 saturated carbocycles. The lowest BCUT2D eigenvalue weighted by Crippen LogP contribution is -2.48. The first-order valence-corrected chi connectivity index (χ1v) is 9.09. The zero-order valence-corrected chi connectivity index (χ0v) is 15.3.